The Balaban J connectivity index is 0.00000200. The minimum absolute atomic E-state index is 0. The van der Waals surface area contributed by atoms with Gasteiger partial charge >= 0.3 is 58.4 Å². The fourth-order valence-electron chi connectivity index (χ4n) is 1.44. The van der Waals surface area contributed by atoms with E-state index in [9.17, 15) is 12.9 Å². The summed E-state index contributed by atoms with van der Waals surface area (Å²) in [6, 6.07) is 15.1. The molecule has 2 aromatic carbocycles. The van der Waals surface area contributed by atoms with Crippen LogP contribution in [0.3, 0.4) is 0 Å². The van der Waals surface area contributed by atoms with Gasteiger partial charge in [0, 0.05) is 6.07 Å². The van der Waals surface area contributed by atoms with Crippen LogP contribution in [-0.2, 0) is 0 Å². The first-order chi connectivity index (χ1) is 9.03. The number of rotatable bonds is 5. The van der Waals surface area contributed by atoms with Crippen LogP contribution in [0.4, 0.5) is 12.9 Å². The zero-order valence-electron chi connectivity index (χ0n) is 10.9. The minimum atomic E-state index is -4.96. The van der Waals surface area contributed by atoms with Crippen molar-refractivity contribution in [1.82, 2.24) is 0 Å². The summed E-state index contributed by atoms with van der Waals surface area (Å²) in [7, 11) is 0. The number of hydrogen-bond acceptors (Lipinski definition) is 2. The Morgan fingerprint density at radius 2 is 1.40 bits per heavy atom. The van der Waals surface area contributed by atoms with E-state index in [1.54, 1.807) is 24.3 Å². The molecule has 0 radical (unpaired) electrons. The molecule has 0 saturated heterocycles. The second kappa shape index (κ2) is 8.09. The fraction of sp³-hybridized carbons (Fsp3) is 0.0769. The van der Waals surface area contributed by atoms with Gasteiger partial charge < -0.3 is 22.4 Å². The largest absolute Gasteiger partial charge is 1.00 e. The first kappa shape index (κ1) is 17.6. The van der Waals surface area contributed by atoms with Gasteiger partial charge in [-0.2, -0.15) is 0 Å². The molecule has 2 aromatic rings. The van der Waals surface area contributed by atoms with Crippen LogP contribution in [0.1, 0.15) is 0 Å². The van der Waals surface area contributed by atoms with Crippen molar-refractivity contribution < 1.29 is 73.8 Å². The standard InChI is InChI=1S/C13H11BF3O2.K/c15-14(16,17)10-18-12-7-4-8-13(9-12)19-11-5-2-1-3-6-11;/h1-9H,10H2;/q-1;+1. The second-order valence-corrected chi connectivity index (χ2v) is 3.91. The van der Waals surface area contributed by atoms with Gasteiger partial charge in [-0.05, 0) is 24.3 Å². The third-order valence-electron chi connectivity index (χ3n) is 2.22. The van der Waals surface area contributed by atoms with Crippen molar-refractivity contribution in [1.29, 1.82) is 0 Å². The normalized spacial score (nSPS) is 10.6. The van der Waals surface area contributed by atoms with Crippen molar-refractivity contribution in [3.05, 3.63) is 54.6 Å². The fourth-order valence-corrected chi connectivity index (χ4v) is 1.44. The van der Waals surface area contributed by atoms with E-state index in [0.29, 0.717) is 11.5 Å². The molecule has 100 valence electrons. The Morgan fingerprint density at radius 3 is 2.05 bits per heavy atom. The van der Waals surface area contributed by atoms with Crippen LogP contribution in [0, 0.1) is 0 Å². The molecule has 0 aliphatic rings. The summed E-state index contributed by atoms with van der Waals surface area (Å²) in [4.78, 5) is 0. The van der Waals surface area contributed by atoms with Crippen LogP contribution in [0.2, 0.25) is 0 Å². The molecule has 0 aliphatic heterocycles. The first-order valence-corrected chi connectivity index (χ1v) is 5.70. The van der Waals surface area contributed by atoms with E-state index in [1.165, 1.54) is 12.1 Å². The predicted molar refractivity (Wildman–Crippen MR) is 67.5 cm³/mol. The monoisotopic (exact) mass is 306 g/mol. The number of halogens is 3. The summed E-state index contributed by atoms with van der Waals surface area (Å²) in [6.45, 7) is -6.21. The topological polar surface area (TPSA) is 18.5 Å². The van der Waals surface area contributed by atoms with E-state index in [2.05, 4.69) is 4.74 Å². The average molecular weight is 306 g/mol. The Labute approximate surface area is 157 Å². The third-order valence-corrected chi connectivity index (χ3v) is 2.22. The molecule has 0 saturated carbocycles. The SMILES string of the molecule is F[B-](F)(F)COc1cccc(Oc2ccccc2)c1.[K+]. The smallest absolute Gasteiger partial charge is 0.522 e. The van der Waals surface area contributed by atoms with E-state index >= 15 is 0 Å². The van der Waals surface area contributed by atoms with E-state index in [-0.39, 0.29) is 57.1 Å². The van der Waals surface area contributed by atoms with Crippen LogP contribution in [0.25, 0.3) is 0 Å². The van der Waals surface area contributed by atoms with Crippen LogP contribution in [0.15, 0.2) is 54.6 Å². The van der Waals surface area contributed by atoms with E-state index < -0.39 is 13.5 Å². The van der Waals surface area contributed by atoms with Gasteiger partial charge in [0.25, 0.3) is 0 Å². The zero-order chi connectivity index (χ0) is 13.7. The molecule has 2 rings (SSSR count). The molecule has 0 bridgehead atoms. The van der Waals surface area contributed by atoms with Gasteiger partial charge in [0.2, 0.25) is 0 Å². The van der Waals surface area contributed by atoms with Gasteiger partial charge in [-0.3, -0.25) is 0 Å². The molecule has 7 heteroatoms. The van der Waals surface area contributed by atoms with Gasteiger partial charge in [0.15, 0.2) is 0 Å². The molecule has 0 atom stereocenters. The maximum atomic E-state index is 12.1. The zero-order valence-corrected chi connectivity index (χ0v) is 14.1. The molecule has 20 heavy (non-hydrogen) atoms. The molecule has 2 nitrogen and oxygen atoms in total. The third kappa shape index (κ3) is 6.32. The molecule has 0 amide bonds. The molecule has 0 N–H and O–H groups in total. The van der Waals surface area contributed by atoms with Crippen LogP contribution >= 0.6 is 0 Å². The number of para-hydroxylation sites is 1. The number of benzene rings is 2. The van der Waals surface area contributed by atoms with Gasteiger partial charge in [-0.1, -0.05) is 24.3 Å². The molecular formula is C13H11BF3KO2. The van der Waals surface area contributed by atoms with Gasteiger partial charge in [-0.25, -0.2) is 0 Å². The van der Waals surface area contributed by atoms with Crippen molar-refractivity contribution in [2.45, 2.75) is 0 Å². The summed E-state index contributed by atoms with van der Waals surface area (Å²) in [5, 5.41) is 0. The van der Waals surface area contributed by atoms with E-state index in [4.69, 9.17) is 4.74 Å². The first-order valence-electron chi connectivity index (χ1n) is 5.70. The molecule has 0 spiro atoms. The summed E-state index contributed by atoms with van der Waals surface area (Å²) in [5.41, 5.74) is 0. The van der Waals surface area contributed by atoms with Gasteiger partial charge in [-0.15, -0.1) is 0 Å². The van der Waals surface area contributed by atoms with Crippen molar-refractivity contribution >= 4 is 6.98 Å². The Morgan fingerprint density at radius 1 is 0.800 bits per heavy atom. The summed E-state index contributed by atoms with van der Waals surface area (Å²) in [6.07, 6.45) is 0. The van der Waals surface area contributed by atoms with Crippen molar-refractivity contribution in [2.24, 2.45) is 0 Å². The Kier molecular flexibility index (Phi) is 7.11. The molecule has 0 fully saturated rings. The van der Waals surface area contributed by atoms with Crippen LogP contribution in [-0.4, -0.2) is 13.5 Å². The predicted octanol–water partition coefficient (Wildman–Crippen LogP) is 1.25. The summed E-state index contributed by atoms with van der Waals surface area (Å²) < 4.78 is 46.5. The quantitative estimate of drug-likeness (QED) is 0.774. The Hall–Kier alpha value is -0.469. The Bertz CT molecular complexity index is 535. The maximum absolute atomic E-state index is 12.1. The maximum Gasteiger partial charge on any atom is 1.00 e. The van der Waals surface area contributed by atoms with Crippen LogP contribution in [0.5, 0.6) is 17.2 Å². The van der Waals surface area contributed by atoms with Crippen molar-refractivity contribution in [3.63, 3.8) is 0 Å². The second-order valence-electron chi connectivity index (χ2n) is 3.91. The molecule has 0 heterocycles. The molecular weight excluding hydrogens is 295 g/mol. The van der Waals surface area contributed by atoms with Gasteiger partial charge in [0.05, 0.1) is 6.51 Å². The summed E-state index contributed by atoms with van der Waals surface area (Å²) in [5.74, 6) is 1.17. The molecule has 0 unspecified atom stereocenters. The average Bonchev–Trinajstić information content (AvgIpc) is 2.37. The van der Waals surface area contributed by atoms with Crippen LogP contribution < -0.4 is 60.9 Å². The minimum Gasteiger partial charge on any atom is -0.522 e. The number of ether oxygens (including phenoxy) is 2. The van der Waals surface area contributed by atoms with Crippen molar-refractivity contribution in [2.75, 3.05) is 6.51 Å². The summed E-state index contributed by atoms with van der Waals surface area (Å²) >= 11 is 0. The number of hydrogen-bond donors (Lipinski definition) is 0. The van der Waals surface area contributed by atoms with Crippen molar-refractivity contribution in [3.8, 4) is 17.2 Å². The van der Waals surface area contributed by atoms with E-state index in [0.717, 1.165) is 0 Å². The molecule has 0 aliphatic carbocycles. The van der Waals surface area contributed by atoms with Gasteiger partial charge in [0.1, 0.15) is 17.2 Å². The van der Waals surface area contributed by atoms with E-state index in [1.807, 2.05) is 18.2 Å². The molecule has 0 aromatic heterocycles.